The molecule has 1 aliphatic heterocycles. The zero-order chi connectivity index (χ0) is 8.48. The molecule has 0 spiro atoms. The van der Waals surface area contributed by atoms with Gasteiger partial charge >= 0.3 is 0 Å². The second-order valence-corrected chi connectivity index (χ2v) is 3.87. The summed E-state index contributed by atoms with van der Waals surface area (Å²) in [5.41, 5.74) is 0.00868. The van der Waals surface area contributed by atoms with Crippen molar-refractivity contribution in [2.24, 2.45) is 5.41 Å². The molecular weight excluding hydrogens is 142 g/mol. The quantitative estimate of drug-likeness (QED) is 0.575. The summed E-state index contributed by atoms with van der Waals surface area (Å²) in [5.74, 6) is 0. The van der Waals surface area contributed by atoms with Gasteiger partial charge in [0.2, 0.25) is 0 Å². The molecule has 0 bridgehead atoms. The Hall–Kier alpha value is -0.120. The number of hydroxylamine groups is 2. The van der Waals surface area contributed by atoms with Gasteiger partial charge in [-0.3, -0.25) is 0 Å². The van der Waals surface area contributed by atoms with Crippen LogP contribution in [0.1, 0.15) is 20.3 Å². The average Bonchev–Trinajstić information content (AvgIpc) is 1.85. The first-order valence-electron chi connectivity index (χ1n) is 4.01. The fraction of sp³-hybridized carbons (Fsp3) is 1.00. The molecule has 0 saturated carbocycles. The average molecular weight is 158 g/mol. The Morgan fingerprint density at radius 3 is 2.64 bits per heavy atom. The predicted molar refractivity (Wildman–Crippen MR) is 44.1 cm³/mol. The van der Waals surface area contributed by atoms with Crippen molar-refractivity contribution in [3.63, 3.8) is 0 Å². The number of hydrogen-bond acceptors (Lipinski definition) is 3. The highest BCUT2D eigenvalue weighted by molar-refractivity contribution is 4.87. The van der Waals surface area contributed by atoms with Gasteiger partial charge in [-0.25, -0.2) is 0 Å². The molecule has 0 unspecified atom stereocenters. The lowest BCUT2D eigenvalue weighted by molar-refractivity contribution is -0.0401. The zero-order valence-corrected chi connectivity index (χ0v) is 7.46. The maximum atomic E-state index is 11.0. The number of ether oxygens (including phenoxy) is 1. The molecule has 0 aromatic heterocycles. The minimum absolute atomic E-state index is 0.00868. The molecule has 0 amide bonds. The van der Waals surface area contributed by atoms with Crippen LogP contribution in [0.3, 0.4) is 0 Å². The Morgan fingerprint density at radius 2 is 2.18 bits per heavy atom. The Labute approximate surface area is 67.9 Å². The molecule has 1 heterocycles. The van der Waals surface area contributed by atoms with Crippen molar-refractivity contribution in [1.29, 1.82) is 0 Å². The minimum atomic E-state index is 0.00868. The molecule has 1 fully saturated rings. The maximum Gasteiger partial charge on any atom is 0.0646 e. The van der Waals surface area contributed by atoms with E-state index < -0.39 is 0 Å². The van der Waals surface area contributed by atoms with Gasteiger partial charge in [-0.1, -0.05) is 13.8 Å². The van der Waals surface area contributed by atoms with Crippen LogP contribution in [0.2, 0.25) is 0 Å². The second kappa shape index (κ2) is 3.09. The molecule has 1 aliphatic rings. The van der Waals surface area contributed by atoms with Crippen molar-refractivity contribution in [3.05, 3.63) is 5.21 Å². The van der Waals surface area contributed by atoms with Crippen LogP contribution >= 0.6 is 0 Å². The highest BCUT2D eigenvalue weighted by atomic mass is 16.5. The molecule has 3 heteroatoms. The Morgan fingerprint density at radius 1 is 1.55 bits per heavy atom. The highest BCUT2D eigenvalue weighted by Crippen LogP contribution is 2.30. The number of nitrogens with zero attached hydrogens (tertiary/aromatic N) is 1. The largest absolute Gasteiger partial charge is 0.785 e. The summed E-state index contributed by atoms with van der Waals surface area (Å²) < 4.78 is 5.29. The third-order valence-electron chi connectivity index (χ3n) is 2.38. The summed E-state index contributed by atoms with van der Waals surface area (Å²) in [4.78, 5) is 0. The van der Waals surface area contributed by atoms with Crippen molar-refractivity contribution in [1.82, 2.24) is 5.06 Å². The first-order chi connectivity index (χ1) is 5.06. The number of hydrogen-bond donors (Lipinski definition) is 0. The lowest BCUT2D eigenvalue weighted by Crippen LogP contribution is -2.47. The van der Waals surface area contributed by atoms with E-state index in [4.69, 9.17) is 4.74 Å². The molecule has 1 saturated heterocycles. The van der Waals surface area contributed by atoms with Crippen LogP contribution in [0.15, 0.2) is 0 Å². The summed E-state index contributed by atoms with van der Waals surface area (Å²) in [6, 6.07) is 0. The van der Waals surface area contributed by atoms with Gasteiger partial charge in [-0.2, -0.15) is 0 Å². The van der Waals surface area contributed by atoms with Gasteiger partial charge in [0.25, 0.3) is 0 Å². The number of rotatable bonds is 1. The van der Waals surface area contributed by atoms with E-state index in [1.165, 1.54) is 0 Å². The summed E-state index contributed by atoms with van der Waals surface area (Å²) in [6.45, 7) is 5.35. The van der Waals surface area contributed by atoms with Gasteiger partial charge in [0.05, 0.1) is 6.10 Å². The standard InChI is InChI=1S/C8H16NO2/c1-8(2)6-9(10)5-4-7(8)11-3/h7H,4-6H2,1-3H3/q-1/t7-/m0/s1. The van der Waals surface area contributed by atoms with E-state index in [9.17, 15) is 5.21 Å². The SMILES string of the molecule is CO[C@H]1CCN([O-])CC1(C)C. The molecule has 11 heavy (non-hydrogen) atoms. The van der Waals surface area contributed by atoms with Crippen molar-refractivity contribution in [2.75, 3.05) is 20.2 Å². The Kier molecular flexibility index (Phi) is 2.52. The molecule has 0 N–H and O–H groups in total. The Bertz CT molecular complexity index is 136. The maximum absolute atomic E-state index is 11.0. The number of methoxy groups -OCH3 is 1. The van der Waals surface area contributed by atoms with Gasteiger partial charge in [-0.15, -0.1) is 0 Å². The van der Waals surface area contributed by atoms with E-state index in [-0.39, 0.29) is 11.5 Å². The normalized spacial score (nSPS) is 32.2. The lowest BCUT2D eigenvalue weighted by atomic mass is 9.82. The first-order valence-corrected chi connectivity index (χ1v) is 4.01. The predicted octanol–water partition coefficient (Wildman–Crippen LogP) is 1.23. The fourth-order valence-corrected chi connectivity index (χ4v) is 1.72. The van der Waals surface area contributed by atoms with Gasteiger partial charge in [0.1, 0.15) is 0 Å². The van der Waals surface area contributed by atoms with E-state index in [1.807, 2.05) is 0 Å². The Balaban J connectivity index is 2.56. The summed E-state index contributed by atoms with van der Waals surface area (Å²) in [6.07, 6.45) is 1.10. The molecule has 3 nitrogen and oxygen atoms in total. The lowest BCUT2D eigenvalue weighted by Gasteiger charge is -2.46. The van der Waals surface area contributed by atoms with Crippen LogP contribution in [0.4, 0.5) is 0 Å². The summed E-state index contributed by atoms with van der Waals surface area (Å²) >= 11 is 0. The van der Waals surface area contributed by atoms with E-state index in [1.54, 1.807) is 7.11 Å². The van der Waals surface area contributed by atoms with Crippen molar-refractivity contribution < 1.29 is 4.74 Å². The van der Waals surface area contributed by atoms with Crippen molar-refractivity contribution in [2.45, 2.75) is 26.4 Å². The summed E-state index contributed by atoms with van der Waals surface area (Å²) in [5, 5.41) is 12.1. The molecular formula is C8H16NO2-. The minimum Gasteiger partial charge on any atom is -0.785 e. The molecule has 66 valence electrons. The smallest absolute Gasteiger partial charge is 0.0646 e. The number of piperidine rings is 1. The molecule has 0 aliphatic carbocycles. The van der Waals surface area contributed by atoms with E-state index in [0.717, 1.165) is 11.5 Å². The second-order valence-electron chi connectivity index (χ2n) is 3.87. The van der Waals surface area contributed by atoms with E-state index in [0.29, 0.717) is 13.1 Å². The zero-order valence-electron chi connectivity index (χ0n) is 7.46. The third kappa shape index (κ3) is 1.92. The van der Waals surface area contributed by atoms with Crippen molar-refractivity contribution >= 4 is 0 Å². The van der Waals surface area contributed by atoms with E-state index >= 15 is 0 Å². The van der Waals surface area contributed by atoms with Crippen LogP contribution < -0.4 is 0 Å². The third-order valence-corrected chi connectivity index (χ3v) is 2.38. The molecule has 0 radical (unpaired) electrons. The summed E-state index contributed by atoms with van der Waals surface area (Å²) in [7, 11) is 1.72. The fourth-order valence-electron chi connectivity index (χ4n) is 1.72. The first kappa shape index (κ1) is 8.97. The van der Waals surface area contributed by atoms with Crippen LogP contribution in [0.25, 0.3) is 0 Å². The molecule has 0 aromatic carbocycles. The van der Waals surface area contributed by atoms with Gasteiger partial charge in [-0.05, 0) is 19.5 Å². The van der Waals surface area contributed by atoms with Gasteiger partial charge in [0.15, 0.2) is 0 Å². The van der Waals surface area contributed by atoms with Crippen LogP contribution in [0, 0.1) is 10.6 Å². The van der Waals surface area contributed by atoms with E-state index in [2.05, 4.69) is 13.8 Å². The molecule has 0 aromatic rings. The topological polar surface area (TPSA) is 35.5 Å². The molecule has 1 atom stereocenters. The molecule has 1 rings (SSSR count). The van der Waals surface area contributed by atoms with Gasteiger partial charge < -0.3 is 15.0 Å². The van der Waals surface area contributed by atoms with Gasteiger partial charge in [0, 0.05) is 12.5 Å². The highest BCUT2D eigenvalue weighted by Gasteiger charge is 2.32. The van der Waals surface area contributed by atoms with Crippen molar-refractivity contribution in [3.8, 4) is 0 Å². The van der Waals surface area contributed by atoms with Crippen LogP contribution in [-0.4, -0.2) is 31.4 Å². The monoisotopic (exact) mass is 158 g/mol. The van der Waals surface area contributed by atoms with Crippen LogP contribution in [0.5, 0.6) is 0 Å². The van der Waals surface area contributed by atoms with Crippen LogP contribution in [-0.2, 0) is 4.74 Å².